The first-order valence-corrected chi connectivity index (χ1v) is 13.0. The van der Waals surface area contributed by atoms with Gasteiger partial charge in [-0.05, 0) is 80.1 Å². The van der Waals surface area contributed by atoms with Crippen molar-refractivity contribution >= 4 is 29.3 Å². The van der Waals surface area contributed by atoms with Gasteiger partial charge in [-0.1, -0.05) is 35.9 Å². The van der Waals surface area contributed by atoms with Gasteiger partial charge in [0.05, 0.1) is 11.1 Å². The lowest BCUT2D eigenvalue weighted by molar-refractivity contribution is -0.128. The highest BCUT2D eigenvalue weighted by molar-refractivity contribution is 6.30. The highest BCUT2D eigenvalue weighted by Gasteiger charge is 2.41. The zero-order chi connectivity index (χ0) is 24.4. The number of benzene rings is 2. The Morgan fingerprint density at radius 3 is 2.66 bits per heavy atom. The number of rotatable bonds is 5. The van der Waals surface area contributed by atoms with E-state index in [0.29, 0.717) is 25.2 Å². The summed E-state index contributed by atoms with van der Waals surface area (Å²) < 4.78 is 13.3. The third-order valence-electron chi connectivity index (χ3n) is 8.13. The van der Waals surface area contributed by atoms with E-state index in [4.69, 9.17) is 11.6 Å². The molecule has 3 aliphatic rings. The number of aliphatic hydroxyl groups excluding tert-OH is 1. The molecule has 2 aromatic rings. The second kappa shape index (κ2) is 10.3. The Kier molecular flexibility index (Phi) is 7.14. The Hall–Kier alpha value is -2.41. The number of aliphatic hydroxyl groups is 1. The molecule has 5 nitrogen and oxygen atoms in total. The van der Waals surface area contributed by atoms with Crippen molar-refractivity contribution in [2.75, 3.05) is 44.6 Å². The second-order valence-electron chi connectivity index (χ2n) is 10.2. The molecule has 1 spiro atoms. The van der Waals surface area contributed by atoms with Gasteiger partial charge < -0.3 is 20.2 Å². The molecule has 2 fully saturated rings. The van der Waals surface area contributed by atoms with Gasteiger partial charge in [0, 0.05) is 43.4 Å². The summed E-state index contributed by atoms with van der Waals surface area (Å²) in [5, 5.41) is 14.6. The first-order chi connectivity index (χ1) is 16.9. The lowest BCUT2D eigenvalue weighted by atomic mass is 9.74. The molecule has 35 heavy (non-hydrogen) atoms. The molecule has 1 unspecified atom stereocenters. The van der Waals surface area contributed by atoms with E-state index in [0.717, 1.165) is 45.3 Å². The number of amides is 1. The summed E-state index contributed by atoms with van der Waals surface area (Å²) in [5.74, 6) is -0.324. The van der Waals surface area contributed by atoms with Crippen LogP contribution in [0.25, 0.3) is 6.08 Å². The predicted molar refractivity (Wildman–Crippen MR) is 138 cm³/mol. The normalized spacial score (nSPS) is 21.3. The van der Waals surface area contributed by atoms with Crippen LogP contribution in [-0.2, 0) is 10.2 Å². The Morgan fingerprint density at radius 1 is 1.17 bits per heavy atom. The summed E-state index contributed by atoms with van der Waals surface area (Å²) in [6.07, 6.45) is 6.64. The molecule has 1 atom stereocenters. The third kappa shape index (κ3) is 5.25. The number of halogens is 2. The topological polar surface area (TPSA) is 55.8 Å². The highest BCUT2D eigenvalue weighted by Crippen LogP contribution is 2.43. The summed E-state index contributed by atoms with van der Waals surface area (Å²) in [7, 11) is 0. The molecule has 0 aliphatic carbocycles. The number of fused-ring (bicyclic) bond motifs is 2. The van der Waals surface area contributed by atoms with E-state index < -0.39 is 5.82 Å². The van der Waals surface area contributed by atoms with Gasteiger partial charge in [0.15, 0.2) is 0 Å². The van der Waals surface area contributed by atoms with Crippen LogP contribution in [0.1, 0.15) is 36.8 Å². The highest BCUT2D eigenvalue weighted by atomic mass is 35.5. The lowest BCUT2D eigenvalue weighted by Crippen LogP contribution is -2.48. The van der Waals surface area contributed by atoms with E-state index in [9.17, 15) is 14.3 Å². The minimum Gasteiger partial charge on any atom is -0.392 e. The largest absolute Gasteiger partial charge is 0.392 e. The van der Waals surface area contributed by atoms with Crippen molar-refractivity contribution in [2.24, 2.45) is 5.92 Å². The van der Waals surface area contributed by atoms with Gasteiger partial charge in [0.2, 0.25) is 5.91 Å². The van der Waals surface area contributed by atoms with Crippen LogP contribution in [0.5, 0.6) is 0 Å². The van der Waals surface area contributed by atoms with Crippen LogP contribution in [0.3, 0.4) is 0 Å². The van der Waals surface area contributed by atoms with E-state index >= 15 is 0 Å². The minimum atomic E-state index is -0.472. The summed E-state index contributed by atoms with van der Waals surface area (Å²) in [4.78, 5) is 16.8. The zero-order valence-electron chi connectivity index (χ0n) is 19.9. The molecule has 5 rings (SSSR count). The summed E-state index contributed by atoms with van der Waals surface area (Å²) in [6.45, 7) is 5.00. The standard InChI is InChI=1S/C28H33ClFN3O2/c29-23-17-20(5-7-24(23)30)6-8-27(35)33-13-9-21(10-14-33)26(34)18-32-15-11-28(12-16-32)19-31-25-4-2-1-3-22(25)28/h1-8,17,21,26,31,34H,9-16,18-19H2/b8-6+. The number of piperidine rings is 2. The first-order valence-electron chi connectivity index (χ1n) is 12.6. The van der Waals surface area contributed by atoms with Gasteiger partial charge in [-0.3, -0.25) is 4.79 Å². The molecule has 1 amide bonds. The molecule has 3 heterocycles. The number of hydrogen-bond acceptors (Lipinski definition) is 4. The number of para-hydroxylation sites is 1. The molecular formula is C28H33ClFN3O2. The van der Waals surface area contributed by atoms with Gasteiger partial charge in [0.25, 0.3) is 0 Å². The van der Waals surface area contributed by atoms with E-state index in [1.54, 1.807) is 12.1 Å². The molecule has 0 saturated carbocycles. The molecule has 0 aromatic heterocycles. The monoisotopic (exact) mass is 497 g/mol. The third-order valence-corrected chi connectivity index (χ3v) is 8.42. The molecule has 2 aromatic carbocycles. The average molecular weight is 498 g/mol. The summed E-state index contributed by atoms with van der Waals surface area (Å²) in [5.41, 5.74) is 3.65. The van der Waals surface area contributed by atoms with Gasteiger partial charge in [-0.25, -0.2) is 4.39 Å². The molecular weight excluding hydrogens is 465 g/mol. The Bertz CT molecular complexity index is 1090. The zero-order valence-corrected chi connectivity index (χ0v) is 20.7. The van der Waals surface area contributed by atoms with Crippen LogP contribution in [0, 0.1) is 11.7 Å². The maximum atomic E-state index is 13.3. The number of anilines is 1. The first kappa shape index (κ1) is 24.3. The predicted octanol–water partition coefficient (Wildman–Crippen LogP) is 4.55. The molecule has 2 N–H and O–H groups in total. The van der Waals surface area contributed by atoms with Crippen LogP contribution in [0.2, 0.25) is 5.02 Å². The van der Waals surface area contributed by atoms with Gasteiger partial charge in [-0.2, -0.15) is 0 Å². The van der Waals surface area contributed by atoms with Crippen molar-refractivity contribution in [1.29, 1.82) is 0 Å². The summed E-state index contributed by atoms with van der Waals surface area (Å²) in [6, 6.07) is 13.1. The van der Waals surface area contributed by atoms with Crippen LogP contribution in [0.4, 0.5) is 10.1 Å². The van der Waals surface area contributed by atoms with Gasteiger partial charge in [0.1, 0.15) is 5.82 Å². The number of hydrogen-bond donors (Lipinski definition) is 2. The Labute approximate surface area is 211 Å². The van der Waals surface area contributed by atoms with Crippen molar-refractivity contribution in [3.05, 3.63) is 70.5 Å². The van der Waals surface area contributed by atoms with E-state index in [2.05, 4.69) is 34.5 Å². The molecule has 3 aliphatic heterocycles. The van der Waals surface area contributed by atoms with Crippen LogP contribution in [0.15, 0.2) is 48.5 Å². The summed E-state index contributed by atoms with van der Waals surface area (Å²) >= 11 is 5.81. The molecule has 186 valence electrons. The molecule has 0 radical (unpaired) electrons. The van der Waals surface area contributed by atoms with Crippen molar-refractivity contribution in [3.8, 4) is 0 Å². The number of carbonyl (C=O) groups is 1. The lowest BCUT2D eigenvalue weighted by Gasteiger charge is -2.41. The number of nitrogens with zero attached hydrogens (tertiary/aromatic N) is 2. The number of β-amino-alcohol motifs (C(OH)–C–C–N with tert-alkyl or cyclic N) is 1. The number of carbonyl (C=O) groups excluding carboxylic acids is 1. The fourth-order valence-corrected chi connectivity index (χ4v) is 6.07. The van der Waals surface area contributed by atoms with Crippen LogP contribution < -0.4 is 5.32 Å². The maximum absolute atomic E-state index is 13.3. The van der Waals surface area contributed by atoms with Crippen LogP contribution >= 0.6 is 11.6 Å². The molecule has 0 bridgehead atoms. The quantitative estimate of drug-likeness (QED) is 0.595. The fourth-order valence-electron chi connectivity index (χ4n) is 5.88. The minimum absolute atomic E-state index is 0.0444. The second-order valence-corrected chi connectivity index (χ2v) is 10.6. The van der Waals surface area contributed by atoms with Crippen molar-refractivity contribution in [3.63, 3.8) is 0 Å². The number of nitrogens with one attached hydrogen (secondary N) is 1. The maximum Gasteiger partial charge on any atom is 0.246 e. The van der Waals surface area contributed by atoms with Crippen molar-refractivity contribution < 1.29 is 14.3 Å². The smallest absolute Gasteiger partial charge is 0.246 e. The van der Waals surface area contributed by atoms with Crippen LogP contribution in [-0.4, -0.2) is 66.2 Å². The molecule has 7 heteroatoms. The fraction of sp³-hybridized carbons (Fsp3) is 0.464. The average Bonchev–Trinajstić information content (AvgIpc) is 3.24. The Balaban J connectivity index is 1.07. The van der Waals surface area contributed by atoms with Gasteiger partial charge in [-0.15, -0.1) is 0 Å². The van der Waals surface area contributed by atoms with E-state index in [-0.39, 0.29) is 28.4 Å². The van der Waals surface area contributed by atoms with E-state index in [1.807, 2.05) is 4.90 Å². The van der Waals surface area contributed by atoms with Gasteiger partial charge >= 0.3 is 0 Å². The van der Waals surface area contributed by atoms with E-state index in [1.165, 1.54) is 29.5 Å². The van der Waals surface area contributed by atoms with Crippen molar-refractivity contribution in [1.82, 2.24) is 9.80 Å². The molecule has 2 saturated heterocycles. The SMILES string of the molecule is O=C(/C=C/c1ccc(F)c(Cl)c1)N1CCC(C(O)CN2CCC3(CC2)CNc2ccccc23)CC1. The Morgan fingerprint density at radius 2 is 1.91 bits per heavy atom. The number of likely N-dealkylation sites (tertiary alicyclic amines) is 2. The van der Waals surface area contributed by atoms with Crippen molar-refractivity contribution in [2.45, 2.75) is 37.2 Å².